The Labute approximate surface area is 264 Å². The third kappa shape index (κ3) is 14.2. The molecule has 4 atom stereocenters. The van der Waals surface area contributed by atoms with Crippen molar-refractivity contribution in [2.24, 2.45) is 0 Å². The molecule has 1 amide bonds. The standard InChI is InChI=1S/C34H48FN3O7/c1-3-4-5-6-7-8-9-10-11-12-13-14-15-16-17-18-19-21-27(39)22-20-24-36-33(43)44-26-28-30(41)34(2,35)31(45-28)38-25-23-29(40)37-32(38)42/h4-5,7-8,10-11,13-14,16-17,23,25,28,30-31,41H,3,6,9,12,15,18-22,24,26H2,1-2H3,(H,36,43)(H,37,40,42)/b5-4-,8-7-,11-10-,14-13-,17-16-/t28-,30-,31-,34-/m1/s1. The number of aromatic amines is 1. The quantitative estimate of drug-likeness (QED) is 0.127. The van der Waals surface area contributed by atoms with Crippen molar-refractivity contribution in [2.45, 2.75) is 102 Å². The number of hydrogen-bond acceptors (Lipinski definition) is 7. The second-order valence-electron chi connectivity index (χ2n) is 10.9. The normalized spacial score (nSPS) is 22.1. The summed E-state index contributed by atoms with van der Waals surface area (Å²) in [6.45, 7) is 2.94. The van der Waals surface area contributed by atoms with Gasteiger partial charge in [0, 0.05) is 31.6 Å². The molecule has 0 saturated carbocycles. The molecule has 45 heavy (non-hydrogen) atoms. The summed E-state index contributed by atoms with van der Waals surface area (Å²) in [6, 6.07) is 1.03. The molecule has 1 aromatic heterocycles. The van der Waals surface area contributed by atoms with Crippen LogP contribution in [0.1, 0.15) is 84.3 Å². The zero-order chi connectivity index (χ0) is 32.9. The number of aliphatic hydroxyl groups excluding tert-OH is 1. The summed E-state index contributed by atoms with van der Waals surface area (Å²) in [7, 11) is 0. The van der Waals surface area contributed by atoms with E-state index in [1.165, 1.54) is 0 Å². The highest BCUT2D eigenvalue weighted by Gasteiger charge is 2.55. The lowest BCUT2D eigenvalue weighted by Gasteiger charge is -2.24. The molecule has 0 radical (unpaired) electrons. The number of unbranched alkanes of at least 4 members (excludes halogenated alkanes) is 1. The minimum Gasteiger partial charge on any atom is -0.447 e. The molecule has 1 aromatic rings. The van der Waals surface area contributed by atoms with Gasteiger partial charge in [0.1, 0.15) is 24.6 Å². The first-order valence-electron chi connectivity index (χ1n) is 15.7. The number of hydrogen-bond donors (Lipinski definition) is 3. The Balaban J connectivity index is 1.51. The van der Waals surface area contributed by atoms with Crippen LogP contribution in [0.5, 0.6) is 0 Å². The predicted molar refractivity (Wildman–Crippen MR) is 173 cm³/mol. The largest absolute Gasteiger partial charge is 0.447 e. The maximum atomic E-state index is 15.2. The number of nitrogens with one attached hydrogen (secondary N) is 2. The number of amides is 1. The lowest BCUT2D eigenvalue weighted by atomic mass is 9.98. The van der Waals surface area contributed by atoms with Gasteiger partial charge in [0.15, 0.2) is 11.9 Å². The van der Waals surface area contributed by atoms with Gasteiger partial charge in [-0.3, -0.25) is 19.1 Å². The molecular weight excluding hydrogens is 581 g/mol. The molecule has 0 unspecified atom stereocenters. The highest BCUT2D eigenvalue weighted by Crippen LogP contribution is 2.40. The molecule has 10 nitrogen and oxygen atoms in total. The Hall–Kier alpha value is -3.83. The van der Waals surface area contributed by atoms with E-state index in [4.69, 9.17) is 9.47 Å². The molecular formula is C34H48FN3O7. The van der Waals surface area contributed by atoms with Gasteiger partial charge in [-0.15, -0.1) is 0 Å². The number of ketones is 1. The van der Waals surface area contributed by atoms with Crippen LogP contribution in [0, 0.1) is 0 Å². The maximum Gasteiger partial charge on any atom is 0.407 e. The van der Waals surface area contributed by atoms with Crippen LogP contribution in [0.3, 0.4) is 0 Å². The molecule has 1 aliphatic rings. The summed E-state index contributed by atoms with van der Waals surface area (Å²) in [4.78, 5) is 49.5. The fourth-order valence-electron chi connectivity index (χ4n) is 4.56. The fraction of sp³-hybridized carbons (Fsp3) is 0.529. The summed E-state index contributed by atoms with van der Waals surface area (Å²) in [6.07, 6.45) is 24.9. The van der Waals surface area contributed by atoms with Gasteiger partial charge in [0.05, 0.1) is 0 Å². The molecule has 3 N–H and O–H groups in total. The summed E-state index contributed by atoms with van der Waals surface area (Å²) in [5.41, 5.74) is -3.94. The van der Waals surface area contributed by atoms with Crippen LogP contribution in [-0.2, 0) is 14.3 Å². The van der Waals surface area contributed by atoms with Crippen LogP contribution in [0.15, 0.2) is 82.6 Å². The zero-order valence-corrected chi connectivity index (χ0v) is 26.4. The zero-order valence-electron chi connectivity index (χ0n) is 26.4. The Morgan fingerprint density at radius 1 is 1.00 bits per heavy atom. The molecule has 1 fully saturated rings. The van der Waals surface area contributed by atoms with E-state index in [0.717, 1.165) is 68.7 Å². The number of aromatic nitrogens is 2. The van der Waals surface area contributed by atoms with Gasteiger partial charge < -0.3 is 19.9 Å². The van der Waals surface area contributed by atoms with Crippen LogP contribution in [0.4, 0.5) is 9.18 Å². The summed E-state index contributed by atoms with van der Waals surface area (Å²) < 4.78 is 26.5. The molecule has 1 aliphatic heterocycles. The minimum absolute atomic E-state index is 0.116. The molecule has 248 valence electrons. The van der Waals surface area contributed by atoms with Gasteiger partial charge in [-0.1, -0.05) is 67.7 Å². The number of aliphatic hydroxyl groups is 1. The van der Waals surface area contributed by atoms with E-state index in [1.807, 2.05) is 4.98 Å². The van der Waals surface area contributed by atoms with Crippen molar-refractivity contribution in [3.8, 4) is 0 Å². The van der Waals surface area contributed by atoms with Crippen molar-refractivity contribution in [3.63, 3.8) is 0 Å². The number of alkyl halides is 1. The molecule has 0 aromatic carbocycles. The van der Waals surface area contributed by atoms with Gasteiger partial charge in [-0.25, -0.2) is 14.0 Å². The summed E-state index contributed by atoms with van der Waals surface area (Å²) >= 11 is 0. The van der Waals surface area contributed by atoms with E-state index < -0.39 is 48.1 Å². The Morgan fingerprint density at radius 2 is 1.58 bits per heavy atom. The average molecular weight is 630 g/mol. The number of halogens is 1. The lowest BCUT2D eigenvalue weighted by Crippen LogP contribution is -2.44. The summed E-state index contributed by atoms with van der Waals surface area (Å²) in [5.74, 6) is 0.116. The second-order valence-corrected chi connectivity index (χ2v) is 10.9. The van der Waals surface area contributed by atoms with Crippen LogP contribution >= 0.6 is 0 Å². The molecule has 0 aliphatic carbocycles. The highest BCUT2D eigenvalue weighted by molar-refractivity contribution is 5.78. The van der Waals surface area contributed by atoms with Crippen LogP contribution < -0.4 is 16.6 Å². The van der Waals surface area contributed by atoms with Crippen molar-refractivity contribution in [1.82, 2.24) is 14.9 Å². The number of rotatable bonds is 20. The number of alkyl carbamates (subject to hydrolysis) is 1. The predicted octanol–water partition coefficient (Wildman–Crippen LogP) is 5.52. The van der Waals surface area contributed by atoms with Crippen LogP contribution in [0.2, 0.25) is 0 Å². The monoisotopic (exact) mass is 629 g/mol. The van der Waals surface area contributed by atoms with Crippen molar-refractivity contribution < 1.29 is 28.6 Å². The van der Waals surface area contributed by atoms with Gasteiger partial charge in [-0.2, -0.15) is 0 Å². The number of nitrogens with zero attached hydrogens (tertiary/aromatic N) is 1. The van der Waals surface area contributed by atoms with Gasteiger partial charge in [0.2, 0.25) is 0 Å². The Bertz CT molecular complexity index is 1310. The number of ether oxygens (including phenoxy) is 2. The number of carbonyl (C=O) groups excluding carboxylic acids is 2. The van der Waals surface area contributed by atoms with Gasteiger partial charge in [0.25, 0.3) is 5.56 Å². The molecule has 0 spiro atoms. The number of H-pyrrole nitrogens is 1. The Kier molecular flexibility index (Phi) is 17.4. The number of allylic oxidation sites excluding steroid dienone is 10. The lowest BCUT2D eigenvalue weighted by molar-refractivity contribution is -0.119. The van der Waals surface area contributed by atoms with Crippen LogP contribution in [-0.4, -0.2) is 57.6 Å². The molecule has 1 saturated heterocycles. The Morgan fingerprint density at radius 3 is 2.18 bits per heavy atom. The smallest absolute Gasteiger partial charge is 0.407 e. The first-order chi connectivity index (χ1) is 21.7. The first kappa shape index (κ1) is 37.4. The minimum atomic E-state index is -2.39. The van der Waals surface area contributed by atoms with Crippen molar-refractivity contribution in [1.29, 1.82) is 0 Å². The first-order valence-corrected chi connectivity index (χ1v) is 15.7. The average Bonchev–Trinajstić information content (AvgIpc) is 3.23. The number of carbonyl (C=O) groups is 2. The van der Waals surface area contributed by atoms with E-state index in [2.05, 4.69) is 73.0 Å². The van der Waals surface area contributed by atoms with Crippen molar-refractivity contribution >= 4 is 11.9 Å². The summed E-state index contributed by atoms with van der Waals surface area (Å²) in [5, 5.41) is 12.9. The molecule has 2 heterocycles. The second kappa shape index (κ2) is 21.0. The third-order valence-corrected chi connectivity index (χ3v) is 7.09. The fourth-order valence-corrected chi connectivity index (χ4v) is 4.56. The molecule has 0 bridgehead atoms. The topological polar surface area (TPSA) is 140 Å². The SMILES string of the molecule is CC/C=C\C/C=C\C/C=C\C/C=C\C/C=C\CCCC(=O)CCCNC(=O)OC[C@H]1O[C@@H](n2ccc(=O)[nH]c2=O)[C@](C)(F)[C@@H]1O. The number of Topliss-reactive ketones (excluding diaryl/α,β-unsaturated/α-hetero) is 1. The van der Waals surface area contributed by atoms with Gasteiger partial charge in [-0.05, 0) is 58.3 Å². The molecule has 2 rings (SSSR count). The van der Waals surface area contributed by atoms with E-state index in [-0.39, 0.29) is 12.3 Å². The van der Waals surface area contributed by atoms with E-state index in [1.54, 1.807) is 0 Å². The van der Waals surface area contributed by atoms with Gasteiger partial charge >= 0.3 is 11.8 Å². The van der Waals surface area contributed by atoms with E-state index in [0.29, 0.717) is 19.3 Å². The maximum absolute atomic E-state index is 15.2. The van der Waals surface area contributed by atoms with Crippen LogP contribution in [0.25, 0.3) is 0 Å². The van der Waals surface area contributed by atoms with E-state index >= 15 is 4.39 Å². The molecule has 11 heteroatoms. The van der Waals surface area contributed by atoms with Crippen molar-refractivity contribution in [2.75, 3.05) is 13.2 Å². The highest BCUT2D eigenvalue weighted by atomic mass is 19.1. The third-order valence-electron chi connectivity index (χ3n) is 7.09. The van der Waals surface area contributed by atoms with E-state index in [9.17, 15) is 24.3 Å². The van der Waals surface area contributed by atoms with Crippen molar-refractivity contribution in [3.05, 3.63) is 93.9 Å².